The maximum absolute atomic E-state index is 12.3. The summed E-state index contributed by atoms with van der Waals surface area (Å²) in [6.07, 6.45) is 6.42. The van der Waals surface area contributed by atoms with Gasteiger partial charge in [0.25, 0.3) is 5.56 Å². The number of pyridine rings is 1. The third-order valence-electron chi connectivity index (χ3n) is 4.02. The summed E-state index contributed by atoms with van der Waals surface area (Å²) in [5.41, 5.74) is 1.72. The van der Waals surface area contributed by atoms with E-state index in [0.29, 0.717) is 18.9 Å². The highest BCUT2D eigenvalue weighted by Crippen LogP contribution is 2.38. The molecule has 0 bridgehead atoms. The lowest BCUT2D eigenvalue weighted by Crippen LogP contribution is -2.38. The molecule has 6 heteroatoms. The van der Waals surface area contributed by atoms with E-state index >= 15 is 0 Å². The summed E-state index contributed by atoms with van der Waals surface area (Å²) in [7, 11) is 0. The quantitative estimate of drug-likeness (QED) is 0.875. The third-order valence-corrected chi connectivity index (χ3v) is 4.02. The Labute approximate surface area is 134 Å². The predicted molar refractivity (Wildman–Crippen MR) is 86.1 cm³/mol. The fourth-order valence-electron chi connectivity index (χ4n) is 2.45. The number of rotatable bonds is 6. The molecule has 0 radical (unpaired) electrons. The number of hydrogen-bond donors (Lipinski definition) is 1. The van der Waals surface area contributed by atoms with Crippen molar-refractivity contribution < 1.29 is 4.79 Å². The number of hydrogen-bond acceptors (Lipinski definition) is 4. The average molecular weight is 312 g/mol. The highest BCUT2D eigenvalue weighted by Gasteiger charge is 2.26. The first-order valence-corrected chi connectivity index (χ1v) is 7.91. The van der Waals surface area contributed by atoms with Gasteiger partial charge in [-0.25, -0.2) is 4.68 Å². The van der Waals surface area contributed by atoms with Crippen LogP contribution in [0, 0.1) is 0 Å². The second-order valence-electron chi connectivity index (χ2n) is 5.89. The van der Waals surface area contributed by atoms with Crippen molar-refractivity contribution in [2.24, 2.45) is 0 Å². The summed E-state index contributed by atoms with van der Waals surface area (Å²) in [6, 6.07) is 6.49. The van der Waals surface area contributed by atoms with E-state index in [1.165, 1.54) is 10.7 Å². The van der Waals surface area contributed by atoms with E-state index in [9.17, 15) is 9.59 Å². The Bertz CT molecular complexity index is 738. The number of carbonyl (C=O) groups is 1. The van der Waals surface area contributed by atoms with Crippen molar-refractivity contribution in [2.45, 2.75) is 38.1 Å². The Kier molecular flexibility index (Phi) is 4.50. The smallest absolute Gasteiger partial charge is 0.267 e. The molecule has 3 rings (SSSR count). The van der Waals surface area contributed by atoms with Crippen LogP contribution in [0.25, 0.3) is 0 Å². The third kappa shape index (κ3) is 3.83. The van der Waals surface area contributed by atoms with Crippen molar-refractivity contribution in [1.82, 2.24) is 20.1 Å². The van der Waals surface area contributed by atoms with Gasteiger partial charge in [0.2, 0.25) is 5.91 Å². The van der Waals surface area contributed by atoms with E-state index in [4.69, 9.17) is 0 Å². The molecule has 120 valence electrons. The summed E-state index contributed by atoms with van der Waals surface area (Å²) >= 11 is 0. The molecule has 0 aromatic carbocycles. The zero-order valence-corrected chi connectivity index (χ0v) is 13.1. The molecule has 2 heterocycles. The van der Waals surface area contributed by atoms with Crippen molar-refractivity contribution in [3.05, 3.63) is 58.3 Å². The minimum Gasteiger partial charge on any atom is -0.354 e. The Morgan fingerprint density at radius 2 is 2.22 bits per heavy atom. The molecular weight excluding hydrogens is 292 g/mol. The van der Waals surface area contributed by atoms with Gasteiger partial charge in [0.1, 0.15) is 6.04 Å². The van der Waals surface area contributed by atoms with Crippen LogP contribution < -0.4 is 10.9 Å². The largest absolute Gasteiger partial charge is 0.354 e. The van der Waals surface area contributed by atoms with Crippen molar-refractivity contribution >= 4 is 5.91 Å². The van der Waals surface area contributed by atoms with Crippen LogP contribution in [0.15, 0.2) is 41.5 Å². The SMILES string of the molecule is CC(C(=O)NCCc1cccnc1)n1nc(C2CC2)ccc1=O. The second-order valence-corrected chi connectivity index (χ2v) is 5.89. The van der Waals surface area contributed by atoms with Crippen LogP contribution in [0.4, 0.5) is 0 Å². The van der Waals surface area contributed by atoms with E-state index in [1.807, 2.05) is 12.1 Å². The van der Waals surface area contributed by atoms with Gasteiger partial charge >= 0.3 is 0 Å². The summed E-state index contributed by atoms with van der Waals surface area (Å²) < 4.78 is 1.28. The van der Waals surface area contributed by atoms with Gasteiger partial charge in [-0.2, -0.15) is 5.10 Å². The molecular formula is C17H20N4O2. The zero-order chi connectivity index (χ0) is 16.2. The fraction of sp³-hybridized carbons (Fsp3) is 0.412. The number of aromatic nitrogens is 3. The molecule has 1 unspecified atom stereocenters. The van der Waals surface area contributed by atoms with E-state index in [1.54, 1.807) is 25.4 Å². The lowest BCUT2D eigenvalue weighted by molar-refractivity contribution is -0.124. The van der Waals surface area contributed by atoms with Gasteiger partial charge in [0, 0.05) is 30.9 Å². The van der Waals surface area contributed by atoms with E-state index in [0.717, 1.165) is 24.1 Å². The first kappa shape index (κ1) is 15.4. The van der Waals surface area contributed by atoms with E-state index < -0.39 is 6.04 Å². The van der Waals surface area contributed by atoms with Gasteiger partial charge in [-0.3, -0.25) is 14.6 Å². The summed E-state index contributed by atoms with van der Waals surface area (Å²) in [5, 5.41) is 7.21. The van der Waals surface area contributed by atoms with Gasteiger partial charge in [-0.1, -0.05) is 6.07 Å². The molecule has 1 N–H and O–H groups in total. The standard InChI is InChI=1S/C17H20N4O2/c1-12(17(23)19-10-8-13-3-2-9-18-11-13)21-16(22)7-6-15(20-21)14-4-5-14/h2-3,6-7,9,11-12,14H,4-5,8,10H2,1H3,(H,19,23). The topological polar surface area (TPSA) is 76.9 Å². The predicted octanol–water partition coefficient (Wildman–Crippen LogP) is 1.44. The minimum absolute atomic E-state index is 0.198. The first-order chi connectivity index (χ1) is 11.1. The van der Waals surface area contributed by atoms with Crippen LogP contribution >= 0.6 is 0 Å². The van der Waals surface area contributed by atoms with Gasteiger partial charge in [0.15, 0.2) is 0 Å². The molecule has 2 aromatic heterocycles. The van der Waals surface area contributed by atoms with E-state index in [2.05, 4.69) is 15.4 Å². The average Bonchev–Trinajstić information content (AvgIpc) is 3.40. The normalized spacial score (nSPS) is 15.2. The van der Waals surface area contributed by atoms with Crippen molar-refractivity contribution in [1.29, 1.82) is 0 Å². The maximum atomic E-state index is 12.3. The number of nitrogens with one attached hydrogen (secondary N) is 1. The molecule has 2 aromatic rings. The molecule has 6 nitrogen and oxygen atoms in total. The number of amides is 1. The molecule has 0 spiro atoms. The van der Waals surface area contributed by atoms with Crippen LogP contribution in [0.3, 0.4) is 0 Å². The Balaban J connectivity index is 1.61. The van der Waals surface area contributed by atoms with Crippen molar-refractivity contribution in [3.63, 3.8) is 0 Å². The van der Waals surface area contributed by atoms with Gasteiger partial charge in [0.05, 0.1) is 5.69 Å². The second kappa shape index (κ2) is 6.73. The maximum Gasteiger partial charge on any atom is 0.267 e. The monoisotopic (exact) mass is 312 g/mol. The van der Waals surface area contributed by atoms with Crippen LogP contribution in [0.1, 0.15) is 43.0 Å². The van der Waals surface area contributed by atoms with Crippen molar-refractivity contribution in [2.75, 3.05) is 6.54 Å². The number of nitrogens with zero attached hydrogens (tertiary/aromatic N) is 3. The lowest BCUT2D eigenvalue weighted by Gasteiger charge is -2.14. The molecule has 1 atom stereocenters. The highest BCUT2D eigenvalue weighted by atomic mass is 16.2. The van der Waals surface area contributed by atoms with Gasteiger partial charge < -0.3 is 5.32 Å². The molecule has 1 fully saturated rings. The van der Waals surface area contributed by atoms with Gasteiger partial charge in [-0.05, 0) is 43.9 Å². The molecule has 1 saturated carbocycles. The summed E-state index contributed by atoms with van der Waals surface area (Å²) in [4.78, 5) is 28.3. The molecule has 23 heavy (non-hydrogen) atoms. The molecule has 1 amide bonds. The molecule has 0 aliphatic heterocycles. The first-order valence-electron chi connectivity index (χ1n) is 7.91. The Hall–Kier alpha value is -2.50. The minimum atomic E-state index is -0.616. The number of carbonyl (C=O) groups excluding carboxylic acids is 1. The zero-order valence-electron chi connectivity index (χ0n) is 13.1. The highest BCUT2D eigenvalue weighted by molar-refractivity contribution is 5.79. The summed E-state index contributed by atoms with van der Waals surface area (Å²) in [6.45, 7) is 2.20. The summed E-state index contributed by atoms with van der Waals surface area (Å²) in [5.74, 6) is 0.249. The Morgan fingerprint density at radius 1 is 1.39 bits per heavy atom. The fourth-order valence-corrected chi connectivity index (χ4v) is 2.45. The van der Waals surface area contributed by atoms with Crippen LogP contribution in [-0.4, -0.2) is 27.2 Å². The van der Waals surface area contributed by atoms with Gasteiger partial charge in [-0.15, -0.1) is 0 Å². The van der Waals surface area contributed by atoms with Crippen LogP contribution in [-0.2, 0) is 11.2 Å². The van der Waals surface area contributed by atoms with Crippen LogP contribution in [0.2, 0.25) is 0 Å². The molecule has 1 aliphatic rings. The lowest BCUT2D eigenvalue weighted by atomic mass is 10.2. The molecule has 1 aliphatic carbocycles. The Morgan fingerprint density at radius 3 is 2.91 bits per heavy atom. The van der Waals surface area contributed by atoms with E-state index in [-0.39, 0.29) is 11.5 Å². The van der Waals surface area contributed by atoms with Crippen molar-refractivity contribution in [3.8, 4) is 0 Å². The molecule has 0 saturated heterocycles. The van der Waals surface area contributed by atoms with Crippen LogP contribution in [0.5, 0.6) is 0 Å².